The van der Waals surface area contributed by atoms with Crippen molar-refractivity contribution in [1.82, 2.24) is 5.32 Å². The summed E-state index contributed by atoms with van der Waals surface area (Å²) in [4.78, 5) is 0. The van der Waals surface area contributed by atoms with E-state index in [9.17, 15) is 0 Å². The Balaban J connectivity index is 2.01. The summed E-state index contributed by atoms with van der Waals surface area (Å²) in [6.45, 7) is 5.01. The molecule has 1 unspecified atom stereocenters. The number of nitrogens with two attached hydrogens (primary N) is 1. The van der Waals surface area contributed by atoms with Crippen molar-refractivity contribution in [2.24, 2.45) is 17.1 Å². The van der Waals surface area contributed by atoms with E-state index in [0.29, 0.717) is 5.41 Å². The number of rotatable bonds is 2. The van der Waals surface area contributed by atoms with E-state index in [1.807, 2.05) is 0 Å². The Bertz CT molecular complexity index is 172. The molecule has 2 aliphatic heterocycles. The maximum atomic E-state index is 5.99. The van der Waals surface area contributed by atoms with E-state index in [0.717, 1.165) is 45.1 Å². The zero-order chi connectivity index (χ0) is 9.86. The molecule has 3 nitrogen and oxygen atoms in total. The Hall–Kier alpha value is -0.120. The van der Waals surface area contributed by atoms with Crippen LogP contribution < -0.4 is 11.1 Å². The van der Waals surface area contributed by atoms with Gasteiger partial charge in [-0.25, -0.2) is 0 Å². The second-order valence-electron chi connectivity index (χ2n) is 4.72. The Morgan fingerprint density at radius 1 is 1.36 bits per heavy atom. The van der Waals surface area contributed by atoms with Gasteiger partial charge in [-0.1, -0.05) is 0 Å². The molecule has 0 spiro atoms. The molecule has 2 saturated heterocycles. The average Bonchev–Trinajstić information content (AvgIpc) is 2.31. The number of piperidine rings is 1. The normalized spacial score (nSPS) is 32.8. The first kappa shape index (κ1) is 10.4. The van der Waals surface area contributed by atoms with Gasteiger partial charge in [-0.2, -0.15) is 0 Å². The average molecular weight is 198 g/mol. The van der Waals surface area contributed by atoms with Crippen LogP contribution in [0.2, 0.25) is 0 Å². The molecule has 0 bridgehead atoms. The minimum Gasteiger partial charge on any atom is -0.381 e. The quantitative estimate of drug-likeness (QED) is 0.688. The fraction of sp³-hybridized carbons (Fsp3) is 1.00. The molecule has 0 aliphatic carbocycles. The molecule has 3 heteroatoms. The van der Waals surface area contributed by atoms with Crippen LogP contribution >= 0.6 is 0 Å². The van der Waals surface area contributed by atoms with E-state index in [4.69, 9.17) is 10.5 Å². The molecule has 3 N–H and O–H groups in total. The smallest absolute Gasteiger partial charge is 0.0471 e. The largest absolute Gasteiger partial charge is 0.381 e. The van der Waals surface area contributed by atoms with Gasteiger partial charge in [0.15, 0.2) is 0 Å². The highest BCUT2D eigenvalue weighted by Crippen LogP contribution is 2.40. The molecule has 2 rings (SSSR count). The molecule has 1 atom stereocenters. The van der Waals surface area contributed by atoms with Crippen molar-refractivity contribution in [3.05, 3.63) is 0 Å². The monoisotopic (exact) mass is 198 g/mol. The lowest BCUT2D eigenvalue weighted by molar-refractivity contribution is -0.0195. The minimum atomic E-state index is 0.381. The van der Waals surface area contributed by atoms with Gasteiger partial charge >= 0.3 is 0 Å². The lowest BCUT2D eigenvalue weighted by Gasteiger charge is -2.44. The lowest BCUT2D eigenvalue weighted by atomic mass is 9.67. The molecular weight excluding hydrogens is 176 g/mol. The number of hydrogen-bond donors (Lipinski definition) is 2. The molecule has 0 aromatic carbocycles. The third-order valence-electron chi connectivity index (χ3n) is 4.06. The Morgan fingerprint density at radius 3 is 2.71 bits per heavy atom. The first-order valence-corrected chi connectivity index (χ1v) is 5.86. The van der Waals surface area contributed by atoms with Crippen LogP contribution in [0.15, 0.2) is 0 Å². The topological polar surface area (TPSA) is 47.3 Å². The summed E-state index contributed by atoms with van der Waals surface area (Å²) >= 11 is 0. The highest BCUT2D eigenvalue weighted by Gasteiger charge is 2.39. The van der Waals surface area contributed by atoms with Crippen LogP contribution in [-0.2, 0) is 4.74 Å². The fourth-order valence-corrected chi connectivity index (χ4v) is 2.93. The zero-order valence-electron chi connectivity index (χ0n) is 8.93. The molecule has 2 fully saturated rings. The molecule has 2 aliphatic rings. The molecule has 0 aromatic heterocycles. The second kappa shape index (κ2) is 4.60. The van der Waals surface area contributed by atoms with Crippen LogP contribution in [0.5, 0.6) is 0 Å². The van der Waals surface area contributed by atoms with Crippen molar-refractivity contribution in [2.45, 2.75) is 25.7 Å². The van der Waals surface area contributed by atoms with E-state index in [-0.39, 0.29) is 0 Å². The van der Waals surface area contributed by atoms with Crippen molar-refractivity contribution in [3.8, 4) is 0 Å². The van der Waals surface area contributed by atoms with Gasteiger partial charge in [0, 0.05) is 13.2 Å². The number of hydrogen-bond acceptors (Lipinski definition) is 3. The van der Waals surface area contributed by atoms with Gasteiger partial charge in [-0.15, -0.1) is 0 Å². The summed E-state index contributed by atoms with van der Waals surface area (Å²) < 4.78 is 5.44. The second-order valence-corrected chi connectivity index (χ2v) is 4.72. The fourth-order valence-electron chi connectivity index (χ4n) is 2.93. The van der Waals surface area contributed by atoms with Crippen LogP contribution in [-0.4, -0.2) is 32.8 Å². The lowest BCUT2D eigenvalue weighted by Crippen LogP contribution is -2.48. The van der Waals surface area contributed by atoms with Crippen molar-refractivity contribution in [1.29, 1.82) is 0 Å². The van der Waals surface area contributed by atoms with Gasteiger partial charge in [0.1, 0.15) is 0 Å². The maximum absolute atomic E-state index is 5.99. The predicted molar refractivity (Wildman–Crippen MR) is 57.1 cm³/mol. The third-order valence-corrected chi connectivity index (χ3v) is 4.06. The van der Waals surface area contributed by atoms with Crippen molar-refractivity contribution >= 4 is 0 Å². The summed E-state index contributed by atoms with van der Waals surface area (Å²) in [5.74, 6) is 0.783. The Morgan fingerprint density at radius 2 is 2.14 bits per heavy atom. The van der Waals surface area contributed by atoms with E-state index in [2.05, 4.69) is 5.32 Å². The SMILES string of the molecule is NCC1(C2CCCNC2)CCOCC1. The maximum Gasteiger partial charge on any atom is 0.0471 e. The van der Waals surface area contributed by atoms with E-state index in [1.165, 1.54) is 19.4 Å². The van der Waals surface area contributed by atoms with Crippen LogP contribution in [0.25, 0.3) is 0 Å². The van der Waals surface area contributed by atoms with Crippen molar-refractivity contribution in [3.63, 3.8) is 0 Å². The highest BCUT2D eigenvalue weighted by molar-refractivity contribution is 4.91. The summed E-state index contributed by atoms with van der Waals surface area (Å²) in [7, 11) is 0. The predicted octanol–water partition coefficient (Wildman–Crippen LogP) is 0.742. The summed E-state index contributed by atoms with van der Waals surface area (Å²) in [6, 6.07) is 0. The van der Waals surface area contributed by atoms with Crippen LogP contribution in [0, 0.1) is 11.3 Å². The van der Waals surface area contributed by atoms with Gasteiger partial charge in [-0.3, -0.25) is 0 Å². The summed E-state index contributed by atoms with van der Waals surface area (Å²) in [5, 5.41) is 3.49. The third kappa shape index (κ3) is 1.95. The van der Waals surface area contributed by atoms with Crippen molar-refractivity contribution < 1.29 is 4.74 Å². The van der Waals surface area contributed by atoms with Crippen LogP contribution in [0.3, 0.4) is 0 Å². The molecule has 0 saturated carbocycles. The highest BCUT2D eigenvalue weighted by atomic mass is 16.5. The molecule has 0 amide bonds. The Labute approximate surface area is 86.4 Å². The molecular formula is C11H22N2O. The van der Waals surface area contributed by atoms with E-state index < -0.39 is 0 Å². The Kier molecular flexibility index (Phi) is 3.42. The van der Waals surface area contributed by atoms with E-state index >= 15 is 0 Å². The van der Waals surface area contributed by atoms with Gasteiger partial charge in [-0.05, 0) is 56.7 Å². The van der Waals surface area contributed by atoms with Gasteiger partial charge in [0.25, 0.3) is 0 Å². The number of ether oxygens (including phenoxy) is 1. The molecule has 14 heavy (non-hydrogen) atoms. The zero-order valence-corrected chi connectivity index (χ0v) is 8.93. The minimum absolute atomic E-state index is 0.381. The first-order chi connectivity index (χ1) is 6.87. The first-order valence-electron chi connectivity index (χ1n) is 5.86. The van der Waals surface area contributed by atoms with E-state index in [1.54, 1.807) is 0 Å². The van der Waals surface area contributed by atoms with Crippen molar-refractivity contribution in [2.75, 3.05) is 32.8 Å². The molecule has 0 aromatic rings. The summed E-state index contributed by atoms with van der Waals surface area (Å²) in [5.41, 5.74) is 6.37. The molecule has 2 heterocycles. The van der Waals surface area contributed by atoms with Gasteiger partial charge < -0.3 is 15.8 Å². The van der Waals surface area contributed by atoms with Gasteiger partial charge in [0.2, 0.25) is 0 Å². The van der Waals surface area contributed by atoms with Gasteiger partial charge in [0.05, 0.1) is 0 Å². The standard InChI is InChI=1S/C11H22N2O/c12-9-11(3-6-14-7-4-11)10-2-1-5-13-8-10/h10,13H,1-9,12H2. The number of nitrogens with one attached hydrogen (secondary N) is 1. The molecule has 0 radical (unpaired) electrons. The molecule has 82 valence electrons. The van der Waals surface area contributed by atoms with Crippen LogP contribution in [0.1, 0.15) is 25.7 Å². The summed E-state index contributed by atoms with van der Waals surface area (Å²) in [6.07, 6.45) is 4.99. The van der Waals surface area contributed by atoms with Crippen LogP contribution in [0.4, 0.5) is 0 Å².